The Kier molecular flexibility index (Phi) is 5.88. The maximum Gasteiger partial charge on any atom is 0.287 e. The predicted molar refractivity (Wildman–Crippen MR) is 100 cm³/mol. The first-order valence-electron chi connectivity index (χ1n) is 8.87. The molecule has 0 unspecified atom stereocenters. The number of hydrogen-bond acceptors (Lipinski definition) is 4. The molecule has 3 aromatic rings. The first-order valence-corrected chi connectivity index (χ1v) is 8.87. The molecule has 2 heterocycles. The molecule has 7 nitrogen and oxygen atoms in total. The molecule has 0 fully saturated rings. The third kappa shape index (κ3) is 4.46. The summed E-state index contributed by atoms with van der Waals surface area (Å²) >= 11 is 0. The smallest absolute Gasteiger partial charge is 0.287 e. The van der Waals surface area contributed by atoms with Gasteiger partial charge in [0.2, 0.25) is 5.91 Å². The van der Waals surface area contributed by atoms with E-state index in [0.29, 0.717) is 11.4 Å². The van der Waals surface area contributed by atoms with Crippen LogP contribution in [0.3, 0.4) is 0 Å². The number of halogens is 1. The highest BCUT2D eigenvalue weighted by molar-refractivity contribution is 5.95. The van der Waals surface area contributed by atoms with Crippen LogP contribution >= 0.6 is 0 Å². The largest absolute Gasteiger partial charge is 0.459 e. The average molecular weight is 384 g/mol. The Balaban J connectivity index is 1.62. The molecule has 1 aromatic carbocycles. The van der Waals surface area contributed by atoms with Gasteiger partial charge in [0.05, 0.1) is 18.5 Å². The molecule has 0 spiro atoms. The summed E-state index contributed by atoms with van der Waals surface area (Å²) in [6.45, 7) is 3.82. The minimum absolute atomic E-state index is 0.130. The monoisotopic (exact) mass is 384 g/mol. The number of rotatable bonds is 7. The second-order valence-electron chi connectivity index (χ2n) is 6.59. The minimum atomic E-state index is -0.730. The number of nitrogens with zero attached hydrogens (tertiary/aromatic N) is 2. The van der Waals surface area contributed by atoms with Gasteiger partial charge < -0.3 is 15.1 Å². The average Bonchev–Trinajstić information content (AvgIpc) is 3.36. The Labute approximate surface area is 161 Å². The maximum absolute atomic E-state index is 13.9. The first kappa shape index (κ1) is 19.3. The predicted octanol–water partition coefficient (Wildman–Crippen LogP) is 2.68. The summed E-state index contributed by atoms with van der Waals surface area (Å²) < 4.78 is 20.3. The van der Waals surface area contributed by atoms with Crippen LogP contribution in [0.2, 0.25) is 0 Å². The molecule has 2 aromatic heterocycles. The van der Waals surface area contributed by atoms with Gasteiger partial charge in [-0.2, -0.15) is 5.10 Å². The Hall–Kier alpha value is -3.42. The fourth-order valence-electron chi connectivity index (χ4n) is 2.67. The zero-order chi connectivity index (χ0) is 20.1. The van der Waals surface area contributed by atoms with Crippen LogP contribution in [0.1, 0.15) is 30.1 Å². The fraction of sp³-hybridized carbons (Fsp3) is 0.250. The van der Waals surface area contributed by atoms with Crippen LogP contribution in [0.5, 0.6) is 0 Å². The Morgan fingerprint density at radius 3 is 2.64 bits per heavy atom. The quantitative estimate of drug-likeness (QED) is 0.655. The van der Waals surface area contributed by atoms with Gasteiger partial charge in [0.15, 0.2) is 5.76 Å². The van der Waals surface area contributed by atoms with Crippen LogP contribution in [-0.4, -0.2) is 27.6 Å². The van der Waals surface area contributed by atoms with Crippen LogP contribution in [0.25, 0.3) is 5.69 Å². The number of para-hydroxylation sites is 1. The molecule has 1 atom stereocenters. The van der Waals surface area contributed by atoms with Crippen LogP contribution in [-0.2, 0) is 11.3 Å². The molecule has 146 valence electrons. The van der Waals surface area contributed by atoms with E-state index >= 15 is 0 Å². The highest BCUT2D eigenvalue weighted by atomic mass is 19.1. The van der Waals surface area contributed by atoms with E-state index in [9.17, 15) is 14.0 Å². The number of hydrogen-bond donors (Lipinski definition) is 2. The highest BCUT2D eigenvalue weighted by Crippen LogP contribution is 2.12. The standard InChI is InChI=1S/C20H21FN4O3/c1-13(2)18(23-19(26)17-8-5-11-28-17)20(27)22-12-14-9-10-25(24-14)16-7-4-3-6-15(16)21/h3-11,13,18H,12H2,1-2H3,(H,22,27)(H,23,26)/t18-/m0/s1. The molecule has 0 saturated carbocycles. The molecular formula is C20H21FN4O3. The van der Waals surface area contributed by atoms with E-state index < -0.39 is 11.9 Å². The third-order valence-electron chi connectivity index (χ3n) is 4.17. The molecule has 8 heteroatoms. The van der Waals surface area contributed by atoms with E-state index in [1.54, 1.807) is 36.5 Å². The first-order chi connectivity index (χ1) is 13.5. The van der Waals surface area contributed by atoms with Gasteiger partial charge in [0.1, 0.15) is 17.5 Å². The molecule has 28 heavy (non-hydrogen) atoms. The molecular weight excluding hydrogens is 363 g/mol. The van der Waals surface area contributed by atoms with E-state index in [4.69, 9.17) is 4.42 Å². The zero-order valence-electron chi connectivity index (χ0n) is 15.6. The van der Waals surface area contributed by atoms with Crippen LogP contribution in [0.15, 0.2) is 59.3 Å². The second kappa shape index (κ2) is 8.51. The number of carbonyl (C=O) groups is 2. The number of benzene rings is 1. The van der Waals surface area contributed by atoms with Gasteiger partial charge in [-0.05, 0) is 36.2 Å². The van der Waals surface area contributed by atoms with Crippen LogP contribution < -0.4 is 10.6 Å². The van der Waals surface area contributed by atoms with E-state index in [1.807, 2.05) is 13.8 Å². The minimum Gasteiger partial charge on any atom is -0.459 e. The van der Waals surface area contributed by atoms with Crippen molar-refractivity contribution >= 4 is 11.8 Å². The summed E-state index contributed by atoms with van der Waals surface area (Å²) in [5, 5.41) is 9.71. The molecule has 2 N–H and O–H groups in total. The highest BCUT2D eigenvalue weighted by Gasteiger charge is 2.25. The van der Waals surface area contributed by atoms with Gasteiger partial charge in [0, 0.05) is 6.20 Å². The van der Waals surface area contributed by atoms with Crippen molar-refractivity contribution in [1.82, 2.24) is 20.4 Å². The number of carbonyl (C=O) groups excluding carboxylic acids is 2. The lowest BCUT2D eigenvalue weighted by Gasteiger charge is -2.21. The molecule has 0 aliphatic carbocycles. The number of aromatic nitrogens is 2. The molecule has 0 aliphatic heterocycles. The Morgan fingerprint density at radius 2 is 1.96 bits per heavy atom. The van der Waals surface area contributed by atoms with Gasteiger partial charge in [-0.1, -0.05) is 26.0 Å². The van der Waals surface area contributed by atoms with Crippen molar-refractivity contribution in [3.63, 3.8) is 0 Å². The summed E-state index contributed by atoms with van der Waals surface area (Å²) in [5.41, 5.74) is 0.891. The van der Waals surface area contributed by atoms with Crippen LogP contribution in [0.4, 0.5) is 4.39 Å². The number of nitrogens with one attached hydrogen (secondary N) is 2. The SMILES string of the molecule is CC(C)[C@H](NC(=O)c1ccco1)C(=O)NCc1ccn(-c2ccccc2F)n1. The topological polar surface area (TPSA) is 89.2 Å². The van der Waals surface area contributed by atoms with Gasteiger partial charge in [-0.15, -0.1) is 0 Å². The van der Waals surface area contributed by atoms with Gasteiger partial charge in [0.25, 0.3) is 5.91 Å². The van der Waals surface area contributed by atoms with Crippen molar-refractivity contribution in [3.05, 3.63) is 72.2 Å². The molecule has 0 radical (unpaired) electrons. The Bertz CT molecular complexity index is 950. The lowest BCUT2D eigenvalue weighted by molar-refractivity contribution is -0.124. The van der Waals surface area contributed by atoms with E-state index in [0.717, 1.165) is 0 Å². The van der Waals surface area contributed by atoms with E-state index in [2.05, 4.69) is 15.7 Å². The van der Waals surface area contributed by atoms with Crippen molar-refractivity contribution in [2.75, 3.05) is 0 Å². The molecule has 0 bridgehead atoms. The second-order valence-corrected chi connectivity index (χ2v) is 6.59. The van der Waals surface area contributed by atoms with Crippen molar-refractivity contribution in [2.24, 2.45) is 5.92 Å². The number of furan rings is 1. The third-order valence-corrected chi connectivity index (χ3v) is 4.17. The van der Waals surface area contributed by atoms with E-state index in [1.165, 1.54) is 23.1 Å². The lowest BCUT2D eigenvalue weighted by atomic mass is 10.0. The summed E-state index contributed by atoms with van der Waals surface area (Å²) in [4.78, 5) is 24.7. The molecule has 0 aliphatic rings. The summed E-state index contributed by atoms with van der Waals surface area (Å²) in [6, 6.07) is 10.4. The molecule has 0 saturated heterocycles. The van der Waals surface area contributed by atoms with Crippen molar-refractivity contribution in [3.8, 4) is 5.69 Å². The fourth-order valence-corrected chi connectivity index (χ4v) is 2.67. The lowest BCUT2D eigenvalue weighted by Crippen LogP contribution is -2.49. The molecule has 2 amide bonds. The van der Waals surface area contributed by atoms with Crippen molar-refractivity contribution in [2.45, 2.75) is 26.4 Å². The van der Waals surface area contributed by atoms with Gasteiger partial charge in [-0.3, -0.25) is 9.59 Å². The molecule has 3 rings (SSSR count). The van der Waals surface area contributed by atoms with Crippen LogP contribution in [0, 0.1) is 11.7 Å². The number of amides is 2. The summed E-state index contributed by atoms with van der Waals surface area (Å²) in [5.74, 6) is -1.17. The van der Waals surface area contributed by atoms with Gasteiger partial charge in [-0.25, -0.2) is 9.07 Å². The van der Waals surface area contributed by atoms with Gasteiger partial charge >= 0.3 is 0 Å². The summed E-state index contributed by atoms with van der Waals surface area (Å²) in [7, 11) is 0. The zero-order valence-corrected chi connectivity index (χ0v) is 15.6. The van der Waals surface area contributed by atoms with Crippen molar-refractivity contribution < 1.29 is 18.4 Å². The van der Waals surface area contributed by atoms with E-state index in [-0.39, 0.29) is 29.9 Å². The van der Waals surface area contributed by atoms with Crippen molar-refractivity contribution in [1.29, 1.82) is 0 Å². The Morgan fingerprint density at radius 1 is 1.18 bits per heavy atom. The maximum atomic E-state index is 13.9. The normalized spacial score (nSPS) is 12.0. The summed E-state index contributed by atoms with van der Waals surface area (Å²) in [6.07, 6.45) is 3.02.